The first-order chi connectivity index (χ1) is 7.50. The first kappa shape index (κ1) is 11.6. The molecule has 6 heteroatoms. The maximum absolute atomic E-state index is 12.5. The molecule has 16 heavy (non-hydrogen) atoms. The van der Waals surface area contributed by atoms with E-state index in [4.69, 9.17) is 0 Å². The second kappa shape index (κ2) is 4.18. The summed E-state index contributed by atoms with van der Waals surface area (Å²) in [5.74, 6) is 0. The Morgan fingerprint density at radius 2 is 1.75 bits per heavy atom. The van der Waals surface area contributed by atoms with Crippen LogP contribution < -0.4 is 0 Å². The highest BCUT2D eigenvalue weighted by Gasteiger charge is 2.37. The van der Waals surface area contributed by atoms with Crippen molar-refractivity contribution in [3.63, 3.8) is 0 Å². The summed E-state index contributed by atoms with van der Waals surface area (Å²) in [6.45, 7) is 0. The van der Waals surface area contributed by atoms with Crippen molar-refractivity contribution >= 4 is 27.5 Å². The topological polar surface area (TPSA) is 12.9 Å². The van der Waals surface area contributed by atoms with Gasteiger partial charge in [0.15, 0.2) is 0 Å². The fraction of sp³-hybridized carbons (Fsp3) is 0.100. The Kier molecular flexibility index (Phi) is 3.03. The smallest absolute Gasteiger partial charge is 0.191 e. The predicted molar refractivity (Wildman–Crippen MR) is 60.3 cm³/mol. The van der Waals surface area contributed by atoms with Gasteiger partial charge >= 0.3 is 6.18 Å². The van der Waals surface area contributed by atoms with Crippen LogP contribution >= 0.6 is 27.5 Å². The van der Waals surface area contributed by atoms with E-state index in [0.29, 0.717) is 22.8 Å². The van der Waals surface area contributed by atoms with E-state index in [1.807, 2.05) is 0 Å². The molecule has 0 amide bonds. The van der Waals surface area contributed by atoms with Gasteiger partial charge in [-0.25, -0.2) is 0 Å². The normalized spacial score (nSPS) is 11.8. The van der Waals surface area contributed by atoms with Crippen molar-refractivity contribution in [1.82, 2.24) is 4.37 Å². The molecule has 0 saturated heterocycles. The number of rotatable bonds is 1. The molecule has 84 valence electrons. The molecule has 0 radical (unpaired) electrons. The molecule has 1 heterocycles. The van der Waals surface area contributed by atoms with Gasteiger partial charge in [0.25, 0.3) is 0 Å². The second-order valence-electron chi connectivity index (χ2n) is 3.04. The molecule has 0 aliphatic rings. The van der Waals surface area contributed by atoms with Crippen LogP contribution in [0.2, 0.25) is 0 Å². The number of hydrogen-bond donors (Lipinski definition) is 0. The number of alkyl halides is 3. The zero-order valence-electron chi connectivity index (χ0n) is 7.75. The van der Waals surface area contributed by atoms with Crippen LogP contribution in [0.3, 0.4) is 0 Å². The summed E-state index contributed by atoms with van der Waals surface area (Å²) in [6, 6.07) is 8.76. The van der Waals surface area contributed by atoms with Crippen LogP contribution in [0.15, 0.2) is 34.8 Å². The van der Waals surface area contributed by atoms with E-state index < -0.39 is 11.1 Å². The van der Waals surface area contributed by atoms with Gasteiger partial charge in [0.2, 0.25) is 0 Å². The number of nitrogens with zero attached hydrogens (tertiary/aromatic N) is 1. The molecule has 0 aliphatic heterocycles. The quantitative estimate of drug-likeness (QED) is 0.751. The summed E-state index contributed by atoms with van der Waals surface area (Å²) in [5.41, 5.74) is 0.999. The van der Waals surface area contributed by atoms with Crippen molar-refractivity contribution < 1.29 is 13.2 Å². The third kappa shape index (κ3) is 2.12. The van der Waals surface area contributed by atoms with Crippen LogP contribution in [0.5, 0.6) is 0 Å². The number of aromatic nitrogens is 1. The monoisotopic (exact) mass is 307 g/mol. The molecule has 1 aromatic carbocycles. The Morgan fingerprint density at radius 3 is 2.25 bits per heavy atom. The van der Waals surface area contributed by atoms with Crippen molar-refractivity contribution in [1.29, 1.82) is 0 Å². The van der Waals surface area contributed by atoms with E-state index in [1.54, 1.807) is 30.3 Å². The lowest BCUT2D eigenvalue weighted by molar-refractivity contribution is -0.134. The van der Waals surface area contributed by atoms with E-state index in [0.717, 1.165) is 0 Å². The van der Waals surface area contributed by atoms with Crippen molar-refractivity contribution in [3.8, 4) is 11.3 Å². The number of hydrogen-bond acceptors (Lipinski definition) is 2. The molecule has 0 unspecified atom stereocenters. The van der Waals surface area contributed by atoms with Gasteiger partial charge in [-0.05, 0) is 27.5 Å². The lowest BCUT2D eigenvalue weighted by Crippen LogP contribution is -2.02. The fourth-order valence-electron chi connectivity index (χ4n) is 1.23. The molecule has 0 fully saturated rings. The van der Waals surface area contributed by atoms with E-state index in [2.05, 4.69) is 20.3 Å². The number of benzene rings is 1. The zero-order chi connectivity index (χ0) is 11.8. The molecule has 0 spiro atoms. The maximum atomic E-state index is 12.5. The molecule has 0 saturated carbocycles. The molecule has 0 bridgehead atoms. The van der Waals surface area contributed by atoms with Crippen LogP contribution in [0.25, 0.3) is 11.3 Å². The summed E-state index contributed by atoms with van der Waals surface area (Å²) in [5, 5.41) is 0. The molecular weight excluding hydrogens is 303 g/mol. The average molecular weight is 308 g/mol. The molecule has 0 N–H and O–H groups in total. The van der Waals surface area contributed by atoms with E-state index >= 15 is 0 Å². The predicted octanol–water partition coefficient (Wildman–Crippen LogP) is 4.59. The largest absolute Gasteiger partial charge is 0.428 e. The standard InChI is InChI=1S/C10H5BrF3NS/c11-7-8(6-4-2-1-3-5-6)15-16-9(7)10(12,13)14/h1-5H. The zero-order valence-corrected chi connectivity index (χ0v) is 10.2. The highest BCUT2D eigenvalue weighted by Crippen LogP contribution is 2.42. The van der Waals surface area contributed by atoms with Crippen molar-refractivity contribution in [3.05, 3.63) is 39.7 Å². The van der Waals surface area contributed by atoms with Crippen molar-refractivity contribution in [2.45, 2.75) is 6.18 Å². The second-order valence-corrected chi connectivity index (χ2v) is 4.60. The van der Waals surface area contributed by atoms with E-state index in [9.17, 15) is 13.2 Å². The van der Waals surface area contributed by atoms with Gasteiger partial charge in [-0.15, -0.1) is 0 Å². The van der Waals surface area contributed by atoms with Crippen LogP contribution in [-0.4, -0.2) is 4.37 Å². The molecular formula is C10H5BrF3NS. The van der Waals surface area contributed by atoms with Gasteiger partial charge in [-0.2, -0.15) is 17.5 Å². The minimum Gasteiger partial charge on any atom is -0.191 e. The minimum atomic E-state index is -4.36. The first-order valence-electron chi connectivity index (χ1n) is 4.28. The van der Waals surface area contributed by atoms with Crippen LogP contribution in [0.1, 0.15) is 4.88 Å². The molecule has 1 nitrogen and oxygen atoms in total. The Labute approximate surface area is 102 Å². The third-order valence-electron chi connectivity index (χ3n) is 1.94. The van der Waals surface area contributed by atoms with Crippen molar-refractivity contribution in [2.24, 2.45) is 0 Å². The van der Waals surface area contributed by atoms with Gasteiger partial charge in [0.05, 0.1) is 10.2 Å². The summed E-state index contributed by atoms with van der Waals surface area (Å²) in [7, 11) is 0. The molecule has 2 aromatic rings. The average Bonchev–Trinajstić information content (AvgIpc) is 2.61. The Morgan fingerprint density at radius 1 is 1.12 bits per heavy atom. The highest BCUT2D eigenvalue weighted by atomic mass is 79.9. The molecule has 1 aromatic heterocycles. The summed E-state index contributed by atoms with van der Waals surface area (Å²) in [6.07, 6.45) is -4.36. The lowest BCUT2D eigenvalue weighted by atomic mass is 10.1. The first-order valence-corrected chi connectivity index (χ1v) is 5.84. The van der Waals surface area contributed by atoms with E-state index in [-0.39, 0.29) is 4.47 Å². The SMILES string of the molecule is FC(F)(F)c1snc(-c2ccccc2)c1Br. The Balaban J connectivity index is 2.50. The van der Waals surface area contributed by atoms with Crippen LogP contribution in [0, 0.1) is 0 Å². The molecule has 2 rings (SSSR count). The van der Waals surface area contributed by atoms with Gasteiger partial charge in [0.1, 0.15) is 4.88 Å². The van der Waals surface area contributed by atoms with E-state index in [1.165, 1.54) is 0 Å². The molecule has 0 atom stereocenters. The van der Waals surface area contributed by atoms with Crippen LogP contribution in [0.4, 0.5) is 13.2 Å². The highest BCUT2D eigenvalue weighted by molar-refractivity contribution is 9.10. The number of halogens is 4. The van der Waals surface area contributed by atoms with Crippen molar-refractivity contribution in [2.75, 3.05) is 0 Å². The Bertz CT molecular complexity index is 493. The fourth-order valence-corrected chi connectivity index (χ4v) is 2.77. The summed E-state index contributed by atoms with van der Waals surface area (Å²) in [4.78, 5) is -0.702. The van der Waals surface area contributed by atoms with Crippen LogP contribution in [-0.2, 0) is 6.18 Å². The van der Waals surface area contributed by atoms with Gasteiger partial charge < -0.3 is 0 Å². The third-order valence-corrected chi connectivity index (χ3v) is 3.87. The summed E-state index contributed by atoms with van der Waals surface area (Å²) >= 11 is 3.41. The summed E-state index contributed by atoms with van der Waals surface area (Å²) < 4.78 is 41.4. The minimum absolute atomic E-state index is 0.0104. The van der Waals surface area contributed by atoms with Gasteiger partial charge in [-0.3, -0.25) is 0 Å². The molecule has 0 aliphatic carbocycles. The lowest BCUT2D eigenvalue weighted by Gasteiger charge is -2.02. The van der Waals surface area contributed by atoms with Gasteiger partial charge in [0, 0.05) is 5.56 Å². The Hall–Kier alpha value is -0.880. The maximum Gasteiger partial charge on any atom is 0.428 e. The van der Waals surface area contributed by atoms with Gasteiger partial charge in [-0.1, -0.05) is 30.3 Å².